The second-order valence-corrected chi connectivity index (χ2v) is 7.38. The van der Waals surface area contributed by atoms with Crippen LogP contribution in [0, 0.1) is 12.7 Å². The van der Waals surface area contributed by atoms with Gasteiger partial charge >= 0.3 is 21.6 Å². The van der Waals surface area contributed by atoms with Crippen molar-refractivity contribution < 1.29 is 39.7 Å². The summed E-state index contributed by atoms with van der Waals surface area (Å²) in [6.45, 7) is 1.47. The van der Waals surface area contributed by atoms with Crippen molar-refractivity contribution in [1.82, 2.24) is 0 Å². The van der Waals surface area contributed by atoms with Gasteiger partial charge in [0.15, 0.2) is 0 Å². The molecule has 0 N–H and O–H groups in total. The molecule has 0 bridgehead atoms. The Kier molecular flexibility index (Phi) is 5.36. The molecule has 26 heavy (non-hydrogen) atoms. The van der Waals surface area contributed by atoms with E-state index in [4.69, 9.17) is 4.74 Å². The maximum absolute atomic E-state index is 13.9. The molecule has 0 heterocycles. The van der Waals surface area contributed by atoms with Gasteiger partial charge in [-0.05, 0) is 43.0 Å². The molecule has 1 aliphatic carbocycles. The number of carbonyl (C=O) groups is 1. The molecule has 10 heteroatoms. The summed E-state index contributed by atoms with van der Waals surface area (Å²) in [5, 5.41) is 0. The predicted octanol–water partition coefficient (Wildman–Crippen LogP) is 3.48. The average molecular weight is 396 g/mol. The minimum absolute atomic E-state index is 0.0941. The van der Waals surface area contributed by atoms with E-state index in [1.54, 1.807) is 0 Å². The number of carbonyl (C=O) groups excluding carboxylic acids is 1. The molecule has 1 aromatic rings. The largest absolute Gasteiger partial charge is 0.534 e. The quantitative estimate of drug-likeness (QED) is 0.337. The fraction of sp³-hybridized carbons (Fsp3) is 0.438. The van der Waals surface area contributed by atoms with Crippen molar-refractivity contribution in [2.45, 2.75) is 37.1 Å². The zero-order chi connectivity index (χ0) is 19.8. The van der Waals surface area contributed by atoms with E-state index in [9.17, 15) is 30.8 Å². The number of hydrogen-bond acceptors (Lipinski definition) is 5. The Labute approximate surface area is 147 Å². The Hall–Kier alpha value is -2.10. The van der Waals surface area contributed by atoms with E-state index in [2.05, 4.69) is 4.18 Å². The van der Waals surface area contributed by atoms with E-state index in [-0.39, 0.29) is 24.8 Å². The second-order valence-electron chi connectivity index (χ2n) is 5.84. The van der Waals surface area contributed by atoms with Crippen molar-refractivity contribution in [3.8, 4) is 0 Å². The lowest BCUT2D eigenvalue weighted by molar-refractivity contribution is -0.148. The van der Waals surface area contributed by atoms with E-state index in [0.717, 1.165) is 13.2 Å². The van der Waals surface area contributed by atoms with E-state index in [1.165, 1.54) is 25.1 Å². The number of allylic oxidation sites excluding steroid dienone is 2. The SMILES string of the molecule is COC(=O)[C@@]1(c2cccc(F)c2C)CC=C(OS(=O)(=O)C(F)(F)F)CC1. The van der Waals surface area contributed by atoms with Crippen LogP contribution in [-0.4, -0.2) is 27.0 Å². The number of methoxy groups -OCH3 is 1. The average Bonchev–Trinajstić information content (AvgIpc) is 2.56. The van der Waals surface area contributed by atoms with Crippen molar-refractivity contribution in [3.63, 3.8) is 0 Å². The van der Waals surface area contributed by atoms with Crippen LogP contribution in [0.4, 0.5) is 17.6 Å². The highest BCUT2D eigenvalue weighted by Gasteiger charge is 2.50. The number of rotatable bonds is 4. The molecule has 1 aromatic carbocycles. The van der Waals surface area contributed by atoms with Gasteiger partial charge in [-0.3, -0.25) is 4.79 Å². The molecule has 144 valence electrons. The number of hydrogen-bond donors (Lipinski definition) is 0. The fourth-order valence-corrected chi connectivity index (χ4v) is 3.48. The van der Waals surface area contributed by atoms with Crippen LogP contribution < -0.4 is 0 Å². The highest BCUT2D eigenvalue weighted by Crippen LogP contribution is 2.42. The topological polar surface area (TPSA) is 69.7 Å². The Bertz CT molecular complexity index is 845. The standard InChI is InChI=1S/C16H16F4O5S/c1-10-12(4-3-5-13(10)17)15(14(21)24-2)8-6-11(7-9-15)25-26(22,23)16(18,19)20/h3-6H,7-9H2,1-2H3/t15-/m0/s1. The molecule has 2 rings (SSSR count). The summed E-state index contributed by atoms with van der Waals surface area (Å²) < 4.78 is 82.3. The van der Waals surface area contributed by atoms with Gasteiger partial charge in [0.05, 0.1) is 12.5 Å². The Balaban J connectivity index is 2.40. The lowest BCUT2D eigenvalue weighted by Gasteiger charge is -2.35. The number of benzene rings is 1. The number of ether oxygens (including phenoxy) is 1. The summed E-state index contributed by atoms with van der Waals surface area (Å²) in [4.78, 5) is 12.4. The van der Waals surface area contributed by atoms with Gasteiger partial charge in [-0.2, -0.15) is 21.6 Å². The first-order chi connectivity index (χ1) is 11.9. The van der Waals surface area contributed by atoms with Gasteiger partial charge in [0, 0.05) is 6.42 Å². The summed E-state index contributed by atoms with van der Waals surface area (Å²) in [6, 6.07) is 4.15. The molecule has 5 nitrogen and oxygen atoms in total. The molecular formula is C16H16F4O5S. The molecule has 0 unspecified atom stereocenters. The van der Waals surface area contributed by atoms with Gasteiger partial charge in [-0.25, -0.2) is 4.39 Å². The van der Waals surface area contributed by atoms with Crippen LogP contribution in [-0.2, 0) is 29.2 Å². The molecule has 0 amide bonds. The van der Waals surface area contributed by atoms with Crippen molar-refractivity contribution in [1.29, 1.82) is 0 Å². The van der Waals surface area contributed by atoms with Crippen molar-refractivity contribution in [2.75, 3.05) is 7.11 Å². The summed E-state index contributed by atoms with van der Waals surface area (Å²) in [5.74, 6) is -1.66. The monoisotopic (exact) mass is 396 g/mol. The number of esters is 1. The van der Waals surface area contributed by atoms with Gasteiger partial charge in [-0.15, -0.1) is 0 Å². The molecule has 0 saturated heterocycles. The minimum atomic E-state index is -5.78. The molecule has 0 aliphatic heterocycles. The molecule has 0 fully saturated rings. The zero-order valence-corrected chi connectivity index (χ0v) is 14.7. The molecular weight excluding hydrogens is 380 g/mol. The minimum Gasteiger partial charge on any atom is -0.468 e. The normalized spacial score (nSPS) is 21.1. The van der Waals surface area contributed by atoms with Crippen LogP contribution in [0.15, 0.2) is 30.0 Å². The Morgan fingerprint density at radius 1 is 1.27 bits per heavy atom. The molecule has 1 aliphatic rings. The van der Waals surface area contributed by atoms with Crippen LogP contribution in [0.25, 0.3) is 0 Å². The van der Waals surface area contributed by atoms with Crippen molar-refractivity contribution in [3.05, 3.63) is 47.0 Å². The summed E-state index contributed by atoms with van der Waals surface area (Å²) >= 11 is 0. The number of alkyl halides is 3. The fourth-order valence-electron chi connectivity index (χ4n) is 2.95. The maximum Gasteiger partial charge on any atom is 0.534 e. The van der Waals surface area contributed by atoms with Crippen LogP contribution in [0.3, 0.4) is 0 Å². The van der Waals surface area contributed by atoms with Gasteiger partial charge in [0.1, 0.15) is 11.6 Å². The lowest BCUT2D eigenvalue weighted by Crippen LogP contribution is -2.39. The summed E-state index contributed by atoms with van der Waals surface area (Å²) in [6.07, 6.45) is 0.546. The van der Waals surface area contributed by atoms with Gasteiger partial charge in [0.25, 0.3) is 0 Å². The molecule has 1 atom stereocenters. The third-order valence-corrected chi connectivity index (χ3v) is 5.34. The van der Waals surface area contributed by atoms with E-state index < -0.39 is 38.6 Å². The molecule has 0 saturated carbocycles. The highest BCUT2D eigenvalue weighted by molar-refractivity contribution is 7.87. The maximum atomic E-state index is 13.9. The van der Waals surface area contributed by atoms with Gasteiger partial charge in [0.2, 0.25) is 0 Å². The smallest absolute Gasteiger partial charge is 0.468 e. The van der Waals surface area contributed by atoms with E-state index in [0.29, 0.717) is 5.56 Å². The van der Waals surface area contributed by atoms with Crippen LogP contribution in [0.2, 0.25) is 0 Å². The Morgan fingerprint density at radius 2 is 1.92 bits per heavy atom. The van der Waals surface area contributed by atoms with E-state index in [1.807, 2.05) is 0 Å². The third-order valence-electron chi connectivity index (χ3n) is 4.34. The van der Waals surface area contributed by atoms with Crippen molar-refractivity contribution >= 4 is 16.1 Å². The van der Waals surface area contributed by atoms with E-state index >= 15 is 0 Å². The van der Waals surface area contributed by atoms with Crippen LogP contribution >= 0.6 is 0 Å². The highest BCUT2D eigenvalue weighted by atomic mass is 32.2. The summed E-state index contributed by atoms with van der Waals surface area (Å²) in [7, 11) is -4.64. The van der Waals surface area contributed by atoms with Crippen LogP contribution in [0.1, 0.15) is 30.4 Å². The Morgan fingerprint density at radius 3 is 2.42 bits per heavy atom. The first kappa shape index (κ1) is 20.2. The predicted molar refractivity (Wildman–Crippen MR) is 82.8 cm³/mol. The van der Waals surface area contributed by atoms with Crippen molar-refractivity contribution in [2.24, 2.45) is 0 Å². The number of halogens is 4. The molecule has 0 spiro atoms. The second kappa shape index (κ2) is 6.90. The molecule has 0 radical (unpaired) electrons. The summed E-state index contributed by atoms with van der Waals surface area (Å²) in [5.41, 5.74) is -6.35. The van der Waals surface area contributed by atoms with Crippen LogP contribution in [0.5, 0.6) is 0 Å². The van der Waals surface area contributed by atoms with Gasteiger partial charge in [-0.1, -0.05) is 12.1 Å². The van der Waals surface area contributed by atoms with Gasteiger partial charge < -0.3 is 8.92 Å². The zero-order valence-electron chi connectivity index (χ0n) is 13.9. The lowest BCUT2D eigenvalue weighted by atomic mass is 9.70. The third kappa shape index (κ3) is 3.55. The first-order valence-electron chi connectivity index (χ1n) is 7.48. The molecule has 0 aromatic heterocycles. The first-order valence-corrected chi connectivity index (χ1v) is 8.89.